The Hall–Kier alpha value is -3.43. The highest BCUT2D eigenvalue weighted by molar-refractivity contribution is 7.98. The second-order valence-electron chi connectivity index (χ2n) is 6.13. The minimum absolute atomic E-state index is 0.237. The minimum Gasteiger partial charge on any atom is -0.268 e. The van der Waals surface area contributed by atoms with Crippen LogP contribution in [0.25, 0.3) is 16.6 Å². The van der Waals surface area contributed by atoms with Gasteiger partial charge in [0.15, 0.2) is 5.16 Å². The molecular weight excluding hydrogens is 373 g/mol. The van der Waals surface area contributed by atoms with Gasteiger partial charge in [-0.2, -0.15) is 5.26 Å². The van der Waals surface area contributed by atoms with Crippen LogP contribution in [-0.4, -0.2) is 9.55 Å². The van der Waals surface area contributed by atoms with E-state index < -0.39 is 5.82 Å². The second-order valence-corrected chi connectivity index (χ2v) is 7.07. The van der Waals surface area contributed by atoms with E-state index in [1.165, 1.54) is 28.5 Å². The van der Waals surface area contributed by atoms with Crippen molar-refractivity contribution < 1.29 is 4.39 Å². The third kappa shape index (κ3) is 3.53. The van der Waals surface area contributed by atoms with E-state index in [0.717, 1.165) is 5.56 Å². The monoisotopic (exact) mass is 387 g/mol. The Morgan fingerprint density at radius 2 is 1.82 bits per heavy atom. The maximum atomic E-state index is 13.8. The molecule has 0 amide bonds. The van der Waals surface area contributed by atoms with Gasteiger partial charge in [0.2, 0.25) is 0 Å². The number of aromatic nitrogens is 2. The number of nitrogens with zero attached hydrogens (tertiary/aromatic N) is 3. The van der Waals surface area contributed by atoms with Crippen LogP contribution in [0.3, 0.4) is 0 Å². The van der Waals surface area contributed by atoms with Crippen molar-refractivity contribution in [2.24, 2.45) is 0 Å². The van der Waals surface area contributed by atoms with Gasteiger partial charge in [-0.25, -0.2) is 9.37 Å². The Balaban J connectivity index is 1.80. The summed E-state index contributed by atoms with van der Waals surface area (Å²) >= 11 is 1.39. The molecule has 136 valence electrons. The average molecular weight is 387 g/mol. The number of fused-ring (bicyclic) bond motifs is 1. The molecule has 0 saturated heterocycles. The van der Waals surface area contributed by atoms with Gasteiger partial charge in [-0.05, 0) is 48.0 Å². The highest BCUT2D eigenvalue weighted by atomic mass is 32.2. The lowest BCUT2D eigenvalue weighted by Crippen LogP contribution is -2.21. The molecule has 0 fully saturated rings. The molecule has 0 unspecified atom stereocenters. The molecule has 0 atom stereocenters. The van der Waals surface area contributed by atoms with Gasteiger partial charge in [-0.15, -0.1) is 0 Å². The lowest BCUT2D eigenvalue weighted by atomic mass is 10.2. The van der Waals surface area contributed by atoms with Gasteiger partial charge in [0, 0.05) is 5.75 Å². The fraction of sp³-hybridized carbons (Fsp3) is 0.0455. The van der Waals surface area contributed by atoms with Crippen LogP contribution in [0.2, 0.25) is 0 Å². The van der Waals surface area contributed by atoms with Gasteiger partial charge >= 0.3 is 0 Å². The van der Waals surface area contributed by atoms with Gasteiger partial charge in [-0.1, -0.05) is 42.1 Å². The number of benzene rings is 3. The molecule has 0 aliphatic carbocycles. The van der Waals surface area contributed by atoms with Crippen LogP contribution in [0.4, 0.5) is 4.39 Å². The summed E-state index contributed by atoms with van der Waals surface area (Å²) in [7, 11) is 0. The molecule has 0 N–H and O–H groups in total. The summed E-state index contributed by atoms with van der Waals surface area (Å²) in [5.41, 5.74) is 2.39. The van der Waals surface area contributed by atoms with Crippen molar-refractivity contribution in [2.75, 3.05) is 0 Å². The number of halogens is 1. The summed E-state index contributed by atoms with van der Waals surface area (Å²) in [5.74, 6) is 0.145. The van der Waals surface area contributed by atoms with Crippen LogP contribution in [0, 0.1) is 17.1 Å². The van der Waals surface area contributed by atoms with Crippen molar-refractivity contribution >= 4 is 22.7 Å². The molecular formula is C22H14FN3OS. The van der Waals surface area contributed by atoms with Crippen LogP contribution >= 0.6 is 11.8 Å². The first-order valence-corrected chi connectivity index (χ1v) is 9.54. The molecule has 4 aromatic rings. The van der Waals surface area contributed by atoms with Crippen molar-refractivity contribution in [2.45, 2.75) is 10.9 Å². The Kier molecular flexibility index (Phi) is 4.92. The van der Waals surface area contributed by atoms with Crippen LogP contribution in [0.5, 0.6) is 0 Å². The Bertz CT molecular complexity index is 1260. The van der Waals surface area contributed by atoms with Crippen molar-refractivity contribution in [3.63, 3.8) is 0 Å². The van der Waals surface area contributed by atoms with Gasteiger partial charge in [0.25, 0.3) is 5.56 Å². The van der Waals surface area contributed by atoms with Gasteiger partial charge in [-0.3, -0.25) is 9.36 Å². The number of thioether (sulfide) groups is 1. The molecule has 0 aliphatic rings. The van der Waals surface area contributed by atoms with E-state index in [2.05, 4.69) is 11.1 Å². The quantitative estimate of drug-likeness (QED) is 0.377. The lowest BCUT2D eigenvalue weighted by molar-refractivity contribution is 0.625. The molecule has 0 spiro atoms. The normalized spacial score (nSPS) is 10.7. The molecule has 6 heteroatoms. The molecule has 4 rings (SSSR count). The molecule has 1 heterocycles. The third-order valence-corrected chi connectivity index (χ3v) is 5.27. The predicted molar refractivity (Wildman–Crippen MR) is 108 cm³/mol. The first kappa shape index (κ1) is 18.0. The molecule has 1 aromatic heterocycles. The maximum Gasteiger partial charge on any atom is 0.266 e. The highest BCUT2D eigenvalue weighted by Gasteiger charge is 2.14. The zero-order valence-corrected chi connectivity index (χ0v) is 15.5. The predicted octanol–water partition coefficient (Wildman–Crippen LogP) is 4.69. The molecule has 3 aromatic carbocycles. The summed E-state index contributed by atoms with van der Waals surface area (Å²) in [6, 6.07) is 22.4. The van der Waals surface area contributed by atoms with Crippen LogP contribution in [-0.2, 0) is 5.75 Å². The van der Waals surface area contributed by atoms with Gasteiger partial charge in [0.1, 0.15) is 5.82 Å². The van der Waals surface area contributed by atoms with E-state index in [1.54, 1.807) is 42.5 Å². The zero-order chi connectivity index (χ0) is 19.5. The van der Waals surface area contributed by atoms with Crippen molar-refractivity contribution in [1.82, 2.24) is 9.55 Å². The SMILES string of the molecule is N#Cc1ccc(CSc2nc3ccccc3c(=O)n2-c2cccc(F)c2)cc1. The molecule has 0 saturated carbocycles. The smallest absolute Gasteiger partial charge is 0.266 e. The molecule has 28 heavy (non-hydrogen) atoms. The summed E-state index contributed by atoms with van der Waals surface area (Å²) in [6.45, 7) is 0. The number of rotatable bonds is 4. The summed E-state index contributed by atoms with van der Waals surface area (Å²) in [4.78, 5) is 17.7. The van der Waals surface area contributed by atoms with Crippen LogP contribution < -0.4 is 5.56 Å². The Labute approximate surface area is 164 Å². The van der Waals surface area contributed by atoms with E-state index in [4.69, 9.17) is 5.26 Å². The minimum atomic E-state index is -0.416. The van der Waals surface area contributed by atoms with Crippen LogP contribution in [0.15, 0.2) is 82.7 Å². The summed E-state index contributed by atoms with van der Waals surface area (Å²) in [6.07, 6.45) is 0. The van der Waals surface area contributed by atoms with E-state index in [9.17, 15) is 9.18 Å². The number of nitriles is 1. The fourth-order valence-electron chi connectivity index (χ4n) is 2.88. The Morgan fingerprint density at radius 1 is 1.04 bits per heavy atom. The van der Waals surface area contributed by atoms with E-state index in [0.29, 0.717) is 33.1 Å². The first-order valence-electron chi connectivity index (χ1n) is 8.55. The Morgan fingerprint density at radius 3 is 2.57 bits per heavy atom. The highest BCUT2D eigenvalue weighted by Crippen LogP contribution is 2.25. The summed E-state index contributed by atoms with van der Waals surface area (Å²) < 4.78 is 15.2. The van der Waals surface area contributed by atoms with Gasteiger partial charge in [0.05, 0.1) is 28.2 Å². The van der Waals surface area contributed by atoms with E-state index in [1.807, 2.05) is 18.2 Å². The number of hydrogen-bond donors (Lipinski definition) is 0. The molecule has 0 aliphatic heterocycles. The lowest BCUT2D eigenvalue weighted by Gasteiger charge is -2.13. The van der Waals surface area contributed by atoms with E-state index in [-0.39, 0.29) is 5.56 Å². The third-order valence-electron chi connectivity index (χ3n) is 4.26. The average Bonchev–Trinajstić information content (AvgIpc) is 2.73. The maximum absolute atomic E-state index is 13.8. The standard InChI is InChI=1S/C22H14FN3OS/c23-17-4-3-5-18(12-17)26-21(27)19-6-1-2-7-20(19)25-22(26)28-14-16-10-8-15(13-24)9-11-16/h1-12H,14H2. The molecule has 0 radical (unpaired) electrons. The van der Waals surface area contributed by atoms with Crippen molar-refractivity contribution in [3.8, 4) is 11.8 Å². The van der Waals surface area contributed by atoms with Crippen molar-refractivity contribution in [1.29, 1.82) is 5.26 Å². The first-order chi connectivity index (χ1) is 13.7. The zero-order valence-electron chi connectivity index (χ0n) is 14.7. The fourth-order valence-corrected chi connectivity index (χ4v) is 3.84. The van der Waals surface area contributed by atoms with Gasteiger partial charge < -0.3 is 0 Å². The topological polar surface area (TPSA) is 58.7 Å². The molecule has 4 nitrogen and oxygen atoms in total. The van der Waals surface area contributed by atoms with Crippen molar-refractivity contribution in [3.05, 3.63) is 100 Å². The van der Waals surface area contributed by atoms with Crippen LogP contribution in [0.1, 0.15) is 11.1 Å². The van der Waals surface area contributed by atoms with E-state index >= 15 is 0 Å². The second kappa shape index (κ2) is 7.67. The largest absolute Gasteiger partial charge is 0.268 e. The summed E-state index contributed by atoms with van der Waals surface area (Å²) in [5, 5.41) is 9.88. The number of hydrogen-bond acceptors (Lipinski definition) is 4. The number of para-hydroxylation sites is 1. The molecule has 0 bridgehead atoms.